The van der Waals surface area contributed by atoms with Crippen LogP contribution in [-0.4, -0.2) is 11.5 Å². The quantitative estimate of drug-likeness (QED) is 0.371. The first kappa shape index (κ1) is 6.27. The molecular formula is C4H7IO. The maximum Gasteiger partial charge on any atom is 0.0981 e. The molecule has 0 N–H and O–H groups in total. The summed E-state index contributed by atoms with van der Waals surface area (Å²) in [6.45, 7) is 3.56. The molecule has 0 fully saturated rings. The summed E-state index contributed by atoms with van der Waals surface area (Å²) >= 11 is 2.19. The fourth-order valence-corrected chi connectivity index (χ4v) is 0.366. The number of rotatable bonds is 2. The fourth-order valence-electron chi connectivity index (χ4n) is 0.0546. The second-order valence-electron chi connectivity index (χ2n) is 0.876. The first-order valence-electron chi connectivity index (χ1n) is 1.59. The molecule has 6 heavy (non-hydrogen) atoms. The second-order valence-corrected chi connectivity index (χ2v) is 1.64. The molecule has 0 bridgehead atoms. The molecule has 0 saturated heterocycles. The summed E-state index contributed by atoms with van der Waals surface area (Å²) in [6.07, 6.45) is 0. The van der Waals surface area contributed by atoms with Crippen molar-refractivity contribution in [3.63, 3.8) is 0 Å². The van der Waals surface area contributed by atoms with Crippen LogP contribution < -0.4 is 0 Å². The average molecular weight is 198 g/mol. The highest BCUT2D eigenvalue weighted by atomic mass is 127. The SMILES string of the molecule is C=C(CI)OC. The third-order valence-corrected chi connectivity index (χ3v) is 1.29. The van der Waals surface area contributed by atoms with Crippen LogP contribution in [0.2, 0.25) is 0 Å². The molecule has 0 spiro atoms. The standard InChI is InChI=1S/C4H7IO/c1-4(3-5)6-2/h1,3H2,2H3. The third-order valence-electron chi connectivity index (χ3n) is 0.438. The van der Waals surface area contributed by atoms with Gasteiger partial charge in [-0.2, -0.15) is 0 Å². The van der Waals surface area contributed by atoms with Gasteiger partial charge in [-0.3, -0.25) is 0 Å². The Morgan fingerprint density at radius 2 is 2.50 bits per heavy atom. The summed E-state index contributed by atoms with van der Waals surface area (Å²) < 4.78 is 5.58. The van der Waals surface area contributed by atoms with Gasteiger partial charge in [0.05, 0.1) is 17.3 Å². The van der Waals surface area contributed by atoms with Crippen LogP contribution in [0.5, 0.6) is 0 Å². The van der Waals surface area contributed by atoms with E-state index in [-0.39, 0.29) is 0 Å². The largest absolute Gasteiger partial charge is 0.501 e. The zero-order valence-corrected chi connectivity index (χ0v) is 5.86. The minimum atomic E-state index is 0.829. The lowest BCUT2D eigenvalue weighted by Crippen LogP contribution is -1.81. The molecule has 1 nitrogen and oxygen atoms in total. The van der Waals surface area contributed by atoms with Crippen molar-refractivity contribution >= 4 is 22.6 Å². The number of hydrogen-bond donors (Lipinski definition) is 0. The van der Waals surface area contributed by atoms with Crippen LogP contribution >= 0.6 is 22.6 Å². The van der Waals surface area contributed by atoms with Crippen LogP contribution in [0.1, 0.15) is 0 Å². The molecule has 0 aromatic heterocycles. The highest BCUT2D eigenvalue weighted by Crippen LogP contribution is 1.94. The molecule has 36 valence electrons. The van der Waals surface area contributed by atoms with E-state index in [2.05, 4.69) is 29.2 Å². The summed E-state index contributed by atoms with van der Waals surface area (Å²) in [6, 6.07) is 0. The number of alkyl halides is 1. The second kappa shape index (κ2) is 3.46. The van der Waals surface area contributed by atoms with Crippen LogP contribution in [0.25, 0.3) is 0 Å². The smallest absolute Gasteiger partial charge is 0.0981 e. The van der Waals surface area contributed by atoms with Crippen LogP contribution in [0.15, 0.2) is 12.3 Å². The third kappa shape index (κ3) is 2.50. The Bertz CT molecular complexity index is 45.5. The van der Waals surface area contributed by atoms with Gasteiger partial charge in [0.15, 0.2) is 0 Å². The van der Waals surface area contributed by atoms with Crippen molar-refractivity contribution in [3.8, 4) is 0 Å². The molecule has 0 unspecified atom stereocenters. The van der Waals surface area contributed by atoms with Gasteiger partial charge in [0.2, 0.25) is 0 Å². The zero-order valence-electron chi connectivity index (χ0n) is 3.70. The van der Waals surface area contributed by atoms with Crippen molar-refractivity contribution in [1.82, 2.24) is 0 Å². The molecule has 0 atom stereocenters. The van der Waals surface area contributed by atoms with E-state index >= 15 is 0 Å². The average Bonchev–Trinajstić information content (AvgIpc) is 1.65. The van der Waals surface area contributed by atoms with Crippen LogP contribution in [0, 0.1) is 0 Å². The molecule has 0 amide bonds. The highest BCUT2D eigenvalue weighted by molar-refractivity contribution is 14.1. The molecule has 0 radical (unpaired) electrons. The van der Waals surface area contributed by atoms with Crippen LogP contribution in [-0.2, 0) is 4.74 Å². The van der Waals surface area contributed by atoms with Gasteiger partial charge in [-0.05, 0) is 0 Å². The summed E-state index contributed by atoms with van der Waals surface area (Å²) in [5.74, 6) is 0.829. The molecule has 0 aliphatic rings. The number of halogens is 1. The Morgan fingerprint density at radius 3 is 2.50 bits per heavy atom. The molecule has 0 rings (SSSR count). The molecule has 0 saturated carbocycles. The summed E-state index contributed by atoms with van der Waals surface area (Å²) in [5.41, 5.74) is 0. The van der Waals surface area contributed by atoms with Gasteiger partial charge >= 0.3 is 0 Å². The first-order chi connectivity index (χ1) is 2.81. The van der Waals surface area contributed by atoms with Crippen molar-refractivity contribution in [2.45, 2.75) is 0 Å². The Balaban J connectivity index is 2.99. The maximum atomic E-state index is 4.70. The van der Waals surface area contributed by atoms with Gasteiger partial charge in [-0.15, -0.1) is 0 Å². The van der Waals surface area contributed by atoms with Gasteiger partial charge in [0.1, 0.15) is 0 Å². The van der Waals surface area contributed by atoms with Crippen molar-refractivity contribution in [2.24, 2.45) is 0 Å². The maximum absolute atomic E-state index is 4.70. The van der Waals surface area contributed by atoms with E-state index in [1.165, 1.54) is 0 Å². The normalized spacial score (nSPS) is 7.67. The van der Waals surface area contributed by atoms with E-state index in [0.29, 0.717) is 0 Å². The Kier molecular flexibility index (Phi) is 3.62. The lowest BCUT2D eigenvalue weighted by atomic mass is 10.7. The molecule has 2 heteroatoms. The van der Waals surface area contributed by atoms with E-state index in [0.717, 1.165) is 10.2 Å². The summed E-state index contributed by atoms with van der Waals surface area (Å²) in [7, 11) is 1.63. The van der Waals surface area contributed by atoms with Crippen molar-refractivity contribution in [1.29, 1.82) is 0 Å². The number of hydrogen-bond acceptors (Lipinski definition) is 1. The lowest BCUT2D eigenvalue weighted by Gasteiger charge is -1.93. The van der Waals surface area contributed by atoms with E-state index < -0.39 is 0 Å². The van der Waals surface area contributed by atoms with E-state index in [1.807, 2.05) is 0 Å². The lowest BCUT2D eigenvalue weighted by molar-refractivity contribution is 0.299. The number of methoxy groups -OCH3 is 1. The molecule has 0 aromatic carbocycles. The predicted molar refractivity (Wildman–Crippen MR) is 35.0 cm³/mol. The van der Waals surface area contributed by atoms with Gasteiger partial charge in [-0.25, -0.2) is 0 Å². The predicted octanol–water partition coefficient (Wildman–Crippen LogP) is 1.58. The van der Waals surface area contributed by atoms with Crippen molar-refractivity contribution < 1.29 is 4.74 Å². The molecular weight excluding hydrogens is 191 g/mol. The first-order valence-corrected chi connectivity index (χ1v) is 3.11. The Hall–Kier alpha value is 0.270. The number of allylic oxidation sites excluding steroid dienone is 1. The molecule has 0 aromatic rings. The van der Waals surface area contributed by atoms with Crippen LogP contribution in [0.3, 0.4) is 0 Å². The van der Waals surface area contributed by atoms with E-state index in [1.54, 1.807) is 7.11 Å². The topological polar surface area (TPSA) is 9.23 Å². The minimum absolute atomic E-state index is 0.829. The Labute approximate surface area is 51.5 Å². The summed E-state index contributed by atoms with van der Waals surface area (Å²) in [5, 5.41) is 0. The van der Waals surface area contributed by atoms with Crippen LogP contribution in [0.4, 0.5) is 0 Å². The highest BCUT2D eigenvalue weighted by Gasteiger charge is 1.79. The molecule has 0 aliphatic heterocycles. The molecule has 0 heterocycles. The van der Waals surface area contributed by atoms with E-state index in [9.17, 15) is 0 Å². The number of ether oxygens (including phenoxy) is 1. The minimum Gasteiger partial charge on any atom is -0.501 e. The Morgan fingerprint density at radius 1 is 2.00 bits per heavy atom. The van der Waals surface area contributed by atoms with Gasteiger partial charge in [0.25, 0.3) is 0 Å². The molecule has 0 aliphatic carbocycles. The van der Waals surface area contributed by atoms with Crippen molar-refractivity contribution in [3.05, 3.63) is 12.3 Å². The van der Waals surface area contributed by atoms with Gasteiger partial charge in [-0.1, -0.05) is 29.2 Å². The zero-order chi connectivity index (χ0) is 4.99. The summed E-state index contributed by atoms with van der Waals surface area (Å²) in [4.78, 5) is 0. The van der Waals surface area contributed by atoms with E-state index in [4.69, 9.17) is 4.74 Å². The fraction of sp³-hybridized carbons (Fsp3) is 0.500. The van der Waals surface area contributed by atoms with Crippen molar-refractivity contribution in [2.75, 3.05) is 11.5 Å². The van der Waals surface area contributed by atoms with Gasteiger partial charge < -0.3 is 4.74 Å². The monoisotopic (exact) mass is 198 g/mol. The van der Waals surface area contributed by atoms with Gasteiger partial charge in [0, 0.05) is 0 Å².